The lowest BCUT2D eigenvalue weighted by atomic mass is 10.1. The average Bonchev–Trinajstić information content (AvgIpc) is 2.16. The van der Waals surface area contributed by atoms with Crippen LogP contribution in [0, 0.1) is 17.2 Å². The Balaban J connectivity index is 2.27. The van der Waals surface area contributed by atoms with Crippen LogP contribution in [0.4, 0.5) is 0 Å². The lowest BCUT2D eigenvalue weighted by molar-refractivity contribution is 0.446. The van der Waals surface area contributed by atoms with Gasteiger partial charge in [-0.1, -0.05) is 0 Å². The Morgan fingerprint density at radius 2 is 2.07 bits per heavy atom. The second-order valence-electron chi connectivity index (χ2n) is 3.86. The third-order valence-corrected chi connectivity index (χ3v) is 4.20. The molecule has 5 heteroatoms. The minimum atomic E-state index is -2.76. The highest BCUT2D eigenvalue weighted by Crippen LogP contribution is 2.12. The van der Waals surface area contributed by atoms with E-state index in [1.54, 1.807) is 0 Å². The van der Waals surface area contributed by atoms with E-state index < -0.39 is 9.84 Å². The zero-order valence-corrected chi connectivity index (χ0v) is 9.18. The Bertz CT molecular complexity index is 304. The summed E-state index contributed by atoms with van der Waals surface area (Å²) in [5.74, 6) is 0.561. The topological polar surface area (TPSA) is 70.0 Å². The van der Waals surface area contributed by atoms with E-state index >= 15 is 0 Å². The van der Waals surface area contributed by atoms with Gasteiger partial charge in [0.05, 0.1) is 23.5 Å². The molecule has 1 unspecified atom stereocenters. The molecule has 1 heterocycles. The van der Waals surface area contributed by atoms with Crippen molar-refractivity contribution in [3.05, 3.63) is 0 Å². The van der Waals surface area contributed by atoms with E-state index in [9.17, 15) is 8.42 Å². The van der Waals surface area contributed by atoms with Crippen LogP contribution in [-0.2, 0) is 9.84 Å². The molecule has 1 aliphatic rings. The first-order chi connectivity index (χ1) is 6.53. The van der Waals surface area contributed by atoms with E-state index in [2.05, 4.69) is 11.4 Å². The molecular weight excluding hydrogens is 200 g/mol. The quantitative estimate of drug-likeness (QED) is 0.737. The molecule has 80 valence electrons. The molecule has 0 spiro atoms. The highest BCUT2D eigenvalue weighted by molar-refractivity contribution is 7.91. The number of rotatable bonds is 3. The summed E-state index contributed by atoms with van der Waals surface area (Å²) in [5, 5.41) is 11.8. The first-order valence-corrected chi connectivity index (χ1v) is 6.69. The van der Waals surface area contributed by atoms with Crippen LogP contribution in [0.25, 0.3) is 0 Å². The molecular formula is C9H16N2O2S. The zero-order valence-electron chi connectivity index (χ0n) is 8.36. The number of sulfone groups is 1. The maximum Gasteiger partial charge on any atom is 0.150 e. The van der Waals surface area contributed by atoms with Gasteiger partial charge in [0.15, 0.2) is 0 Å². The van der Waals surface area contributed by atoms with Gasteiger partial charge in [-0.2, -0.15) is 5.26 Å². The van der Waals surface area contributed by atoms with E-state index in [-0.39, 0.29) is 23.5 Å². The van der Waals surface area contributed by atoms with Gasteiger partial charge < -0.3 is 5.32 Å². The van der Waals surface area contributed by atoms with Crippen molar-refractivity contribution in [2.45, 2.75) is 25.8 Å². The van der Waals surface area contributed by atoms with Gasteiger partial charge in [-0.3, -0.25) is 0 Å². The predicted octanol–water partition coefficient (Wildman–Crippen LogP) is 0.313. The van der Waals surface area contributed by atoms with E-state index in [0.29, 0.717) is 19.4 Å². The highest BCUT2D eigenvalue weighted by Gasteiger charge is 2.23. The van der Waals surface area contributed by atoms with Crippen molar-refractivity contribution in [3.8, 4) is 6.07 Å². The van der Waals surface area contributed by atoms with Gasteiger partial charge in [0.25, 0.3) is 0 Å². The van der Waals surface area contributed by atoms with Crippen LogP contribution in [0.1, 0.15) is 19.8 Å². The predicted molar refractivity (Wildman–Crippen MR) is 54.5 cm³/mol. The first kappa shape index (κ1) is 11.5. The third-order valence-electron chi connectivity index (χ3n) is 2.49. The van der Waals surface area contributed by atoms with Gasteiger partial charge in [-0.15, -0.1) is 0 Å². The van der Waals surface area contributed by atoms with Crippen LogP contribution in [0.3, 0.4) is 0 Å². The number of hydrogen-bond acceptors (Lipinski definition) is 4. The summed E-state index contributed by atoms with van der Waals surface area (Å²) >= 11 is 0. The highest BCUT2D eigenvalue weighted by atomic mass is 32.2. The molecule has 0 saturated carbocycles. The normalized spacial score (nSPS) is 24.0. The molecule has 0 aliphatic carbocycles. The minimum absolute atomic E-state index is 0.00599. The Morgan fingerprint density at radius 3 is 2.57 bits per heavy atom. The summed E-state index contributed by atoms with van der Waals surface area (Å²) in [6, 6.07) is 2.41. The molecule has 1 fully saturated rings. The molecule has 0 aromatic rings. The maximum atomic E-state index is 11.1. The molecule has 0 aromatic heterocycles. The minimum Gasteiger partial charge on any atom is -0.313 e. The fourth-order valence-electron chi connectivity index (χ4n) is 1.48. The molecule has 1 N–H and O–H groups in total. The van der Waals surface area contributed by atoms with Gasteiger partial charge in [-0.05, 0) is 19.8 Å². The fourth-order valence-corrected chi connectivity index (χ4v) is 2.97. The summed E-state index contributed by atoms with van der Waals surface area (Å²) in [6.45, 7) is 2.51. The Labute approximate surface area is 85.2 Å². The Morgan fingerprint density at radius 1 is 1.50 bits per heavy atom. The molecule has 0 radical (unpaired) electrons. The molecule has 1 rings (SSSR count). The largest absolute Gasteiger partial charge is 0.313 e. The number of nitrogens with one attached hydrogen (secondary N) is 1. The summed E-state index contributed by atoms with van der Waals surface area (Å²) in [7, 11) is -2.76. The van der Waals surface area contributed by atoms with Gasteiger partial charge in [-0.25, -0.2) is 8.42 Å². The van der Waals surface area contributed by atoms with Gasteiger partial charge >= 0.3 is 0 Å². The summed E-state index contributed by atoms with van der Waals surface area (Å²) in [6.07, 6.45) is 1.36. The van der Waals surface area contributed by atoms with Crippen LogP contribution < -0.4 is 5.32 Å². The molecule has 1 aliphatic heterocycles. The molecule has 0 aromatic carbocycles. The SMILES string of the molecule is CC(C#N)CNC1CCS(=O)(=O)CC1. The summed E-state index contributed by atoms with van der Waals surface area (Å²) < 4.78 is 22.2. The maximum absolute atomic E-state index is 11.1. The summed E-state index contributed by atoms with van der Waals surface area (Å²) in [4.78, 5) is 0. The lowest BCUT2D eigenvalue weighted by Gasteiger charge is -2.23. The van der Waals surface area contributed by atoms with Crippen LogP contribution in [0.15, 0.2) is 0 Å². The van der Waals surface area contributed by atoms with Crippen LogP contribution in [0.5, 0.6) is 0 Å². The van der Waals surface area contributed by atoms with E-state index in [1.165, 1.54) is 0 Å². The van der Waals surface area contributed by atoms with Crippen LogP contribution in [0.2, 0.25) is 0 Å². The van der Waals surface area contributed by atoms with E-state index in [0.717, 1.165) is 0 Å². The van der Waals surface area contributed by atoms with Gasteiger partial charge in [0.1, 0.15) is 9.84 Å². The fraction of sp³-hybridized carbons (Fsp3) is 0.889. The zero-order chi connectivity index (χ0) is 10.6. The van der Waals surface area contributed by atoms with Gasteiger partial charge in [0.2, 0.25) is 0 Å². The van der Waals surface area contributed by atoms with E-state index in [1.807, 2.05) is 6.92 Å². The Kier molecular flexibility index (Phi) is 3.90. The molecule has 14 heavy (non-hydrogen) atoms. The Hall–Kier alpha value is -0.600. The molecule has 4 nitrogen and oxygen atoms in total. The van der Waals surface area contributed by atoms with Crippen molar-refractivity contribution < 1.29 is 8.42 Å². The average molecular weight is 216 g/mol. The van der Waals surface area contributed by atoms with Crippen LogP contribution in [-0.4, -0.2) is 32.5 Å². The number of nitriles is 1. The number of hydrogen-bond donors (Lipinski definition) is 1. The van der Waals surface area contributed by atoms with Crippen LogP contribution >= 0.6 is 0 Å². The monoisotopic (exact) mass is 216 g/mol. The third kappa shape index (κ3) is 3.64. The van der Waals surface area contributed by atoms with Crippen molar-refractivity contribution in [1.29, 1.82) is 5.26 Å². The second-order valence-corrected chi connectivity index (χ2v) is 6.17. The van der Waals surface area contributed by atoms with Crippen molar-refractivity contribution in [2.75, 3.05) is 18.1 Å². The van der Waals surface area contributed by atoms with Gasteiger partial charge in [0, 0.05) is 12.6 Å². The first-order valence-electron chi connectivity index (χ1n) is 4.87. The summed E-state index contributed by atoms with van der Waals surface area (Å²) in [5.41, 5.74) is 0. The van der Waals surface area contributed by atoms with E-state index in [4.69, 9.17) is 5.26 Å². The number of nitrogens with zero attached hydrogens (tertiary/aromatic N) is 1. The molecule has 1 atom stereocenters. The van der Waals surface area contributed by atoms with Crippen molar-refractivity contribution in [3.63, 3.8) is 0 Å². The smallest absolute Gasteiger partial charge is 0.150 e. The molecule has 1 saturated heterocycles. The molecule has 0 amide bonds. The lowest BCUT2D eigenvalue weighted by Crippen LogP contribution is -2.39. The standard InChI is InChI=1S/C9H16N2O2S/c1-8(6-10)7-11-9-2-4-14(12,13)5-3-9/h8-9,11H,2-5,7H2,1H3. The van der Waals surface area contributed by atoms with Crippen molar-refractivity contribution >= 4 is 9.84 Å². The molecule has 0 bridgehead atoms. The second kappa shape index (κ2) is 4.76. The van der Waals surface area contributed by atoms with Crippen molar-refractivity contribution in [1.82, 2.24) is 5.32 Å². The van der Waals surface area contributed by atoms with Crippen molar-refractivity contribution in [2.24, 2.45) is 5.92 Å².